The Kier molecular flexibility index (Phi) is 6.25. The molecule has 0 atom stereocenters. The van der Waals surface area contributed by atoms with Crippen molar-refractivity contribution in [2.24, 2.45) is 5.41 Å². The van der Waals surface area contributed by atoms with Crippen LogP contribution in [-0.4, -0.2) is 59.1 Å². The van der Waals surface area contributed by atoms with E-state index in [1.807, 2.05) is 6.07 Å². The van der Waals surface area contributed by atoms with Crippen LogP contribution in [0.2, 0.25) is 0 Å². The highest BCUT2D eigenvalue weighted by atomic mass is 16.5. The van der Waals surface area contributed by atoms with Crippen LogP contribution in [0.15, 0.2) is 34.9 Å². The van der Waals surface area contributed by atoms with Gasteiger partial charge in [-0.3, -0.25) is 9.69 Å². The summed E-state index contributed by atoms with van der Waals surface area (Å²) in [6, 6.07) is 10.4. The summed E-state index contributed by atoms with van der Waals surface area (Å²) in [5, 5.41) is 3.94. The van der Waals surface area contributed by atoms with Crippen molar-refractivity contribution in [3.63, 3.8) is 0 Å². The van der Waals surface area contributed by atoms with Crippen LogP contribution in [0.5, 0.6) is 0 Å². The van der Waals surface area contributed by atoms with Crippen molar-refractivity contribution in [3.8, 4) is 0 Å². The van der Waals surface area contributed by atoms with E-state index in [9.17, 15) is 4.79 Å². The summed E-state index contributed by atoms with van der Waals surface area (Å²) < 4.78 is 10.4. The molecule has 0 N–H and O–H groups in total. The Balaban J connectivity index is 1.29. The Labute approximate surface area is 172 Å². The second kappa shape index (κ2) is 9.05. The first-order valence-electron chi connectivity index (χ1n) is 10.5. The number of nitrogens with zero attached hydrogens (tertiary/aromatic N) is 4. The van der Waals surface area contributed by atoms with E-state index in [4.69, 9.17) is 9.26 Å². The van der Waals surface area contributed by atoms with Crippen LogP contribution in [-0.2, 0) is 29.1 Å². The lowest BCUT2D eigenvalue weighted by Crippen LogP contribution is -2.51. The van der Waals surface area contributed by atoms with Gasteiger partial charge in [0.05, 0.1) is 6.54 Å². The van der Waals surface area contributed by atoms with E-state index in [1.165, 1.54) is 5.56 Å². The molecule has 1 amide bonds. The van der Waals surface area contributed by atoms with Crippen LogP contribution >= 0.6 is 0 Å². The molecule has 29 heavy (non-hydrogen) atoms. The minimum absolute atomic E-state index is 0.261. The summed E-state index contributed by atoms with van der Waals surface area (Å²) in [5.74, 6) is 1.55. The smallest absolute Gasteiger partial charge is 0.240 e. The van der Waals surface area contributed by atoms with Crippen molar-refractivity contribution < 1.29 is 14.1 Å². The van der Waals surface area contributed by atoms with Gasteiger partial charge in [-0.25, -0.2) is 0 Å². The molecule has 0 aliphatic carbocycles. The number of hydrogen-bond acceptors (Lipinski definition) is 6. The Morgan fingerprint density at radius 2 is 1.97 bits per heavy atom. The number of hydrogen-bond donors (Lipinski definition) is 0. The van der Waals surface area contributed by atoms with E-state index in [2.05, 4.69) is 44.2 Å². The molecule has 1 aromatic heterocycles. The van der Waals surface area contributed by atoms with Crippen molar-refractivity contribution in [1.29, 1.82) is 0 Å². The second-order valence-corrected chi connectivity index (χ2v) is 8.36. The number of piperidine rings is 2. The van der Waals surface area contributed by atoms with Crippen LogP contribution in [0.1, 0.15) is 43.0 Å². The lowest BCUT2D eigenvalue weighted by Gasteiger charge is -2.47. The first-order chi connectivity index (χ1) is 14.2. The van der Waals surface area contributed by atoms with E-state index < -0.39 is 0 Å². The van der Waals surface area contributed by atoms with Crippen molar-refractivity contribution in [2.75, 3.05) is 33.3 Å². The lowest BCUT2D eigenvalue weighted by molar-refractivity contribution is -0.139. The Morgan fingerprint density at radius 1 is 1.17 bits per heavy atom. The zero-order chi connectivity index (χ0) is 20.1. The van der Waals surface area contributed by atoms with Crippen LogP contribution in [0, 0.1) is 5.41 Å². The molecule has 7 nitrogen and oxygen atoms in total. The molecule has 0 unspecified atom stereocenters. The summed E-state index contributed by atoms with van der Waals surface area (Å²) in [4.78, 5) is 21.3. The molecule has 0 radical (unpaired) electrons. The molecule has 2 aliphatic heterocycles. The SMILES string of the molecule is COCc1noc(CN2CCC3(CCC(=O)N(CCc4ccccc4)C3)CC2)n1. The maximum Gasteiger partial charge on any atom is 0.240 e. The third-order valence-electron chi connectivity index (χ3n) is 6.32. The third-order valence-corrected chi connectivity index (χ3v) is 6.32. The average molecular weight is 399 g/mol. The normalized spacial score (nSPS) is 19.8. The maximum absolute atomic E-state index is 12.5. The predicted octanol–water partition coefficient (Wildman–Crippen LogP) is 2.66. The van der Waals surface area contributed by atoms with E-state index >= 15 is 0 Å². The first-order valence-corrected chi connectivity index (χ1v) is 10.5. The molecule has 1 aromatic carbocycles. The van der Waals surface area contributed by atoms with Crippen molar-refractivity contribution >= 4 is 5.91 Å². The first kappa shape index (κ1) is 20.0. The van der Waals surface area contributed by atoms with E-state index in [1.54, 1.807) is 7.11 Å². The van der Waals surface area contributed by atoms with Gasteiger partial charge in [0.1, 0.15) is 6.61 Å². The largest absolute Gasteiger partial charge is 0.377 e. The number of aromatic nitrogens is 2. The van der Waals surface area contributed by atoms with Gasteiger partial charge in [-0.15, -0.1) is 0 Å². The quantitative estimate of drug-likeness (QED) is 0.714. The number of carbonyl (C=O) groups is 1. The molecule has 2 aliphatic rings. The highest BCUT2D eigenvalue weighted by molar-refractivity contribution is 5.77. The molecule has 4 rings (SSSR count). The fourth-order valence-electron chi connectivity index (χ4n) is 4.54. The van der Waals surface area contributed by atoms with Gasteiger partial charge in [-0.1, -0.05) is 35.5 Å². The summed E-state index contributed by atoms with van der Waals surface area (Å²) in [6.07, 6.45) is 4.84. The molecule has 2 fully saturated rings. The Bertz CT molecular complexity index is 799. The molecule has 2 aromatic rings. The Morgan fingerprint density at radius 3 is 2.72 bits per heavy atom. The summed E-state index contributed by atoms with van der Waals surface area (Å²) >= 11 is 0. The van der Waals surface area contributed by atoms with Crippen LogP contribution < -0.4 is 0 Å². The van der Waals surface area contributed by atoms with Gasteiger partial charge < -0.3 is 14.2 Å². The molecule has 3 heterocycles. The van der Waals surface area contributed by atoms with Crippen LogP contribution in [0.4, 0.5) is 0 Å². The minimum atomic E-state index is 0.261. The third kappa shape index (κ3) is 5.03. The van der Waals surface area contributed by atoms with Gasteiger partial charge in [0, 0.05) is 26.6 Å². The average Bonchev–Trinajstić information content (AvgIpc) is 3.19. The number of rotatable bonds is 7. The van der Waals surface area contributed by atoms with Gasteiger partial charge >= 0.3 is 0 Å². The van der Waals surface area contributed by atoms with Crippen molar-refractivity contribution in [2.45, 2.75) is 45.3 Å². The molecule has 0 saturated carbocycles. The van der Waals surface area contributed by atoms with Crippen molar-refractivity contribution in [1.82, 2.24) is 19.9 Å². The highest BCUT2D eigenvalue weighted by Gasteiger charge is 2.40. The summed E-state index contributed by atoms with van der Waals surface area (Å²) in [7, 11) is 1.62. The van der Waals surface area contributed by atoms with Crippen LogP contribution in [0.3, 0.4) is 0 Å². The van der Waals surface area contributed by atoms with E-state index in [-0.39, 0.29) is 5.41 Å². The minimum Gasteiger partial charge on any atom is -0.377 e. The molecule has 156 valence electrons. The molecular formula is C22H30N4O3. The number of benzene rings is 1. The monoisotopic (exact) mass is 398 g/mol. The Hall–Kier alpha value is -2.25. The standard InChI is InChI=1S/C22H30N4O3/c1-28-16-19-23-20(29-24-19)15-25-13-10-22(11-14-25)9-7-21(27)26(17-22)12-8-18-5-3-2-4-6-18/h2-6H,7-17H2,1H3. The molecule has 2 saturated heterocycles. The van der Waals surface area contributed by atoms with Crippen LogP contribution in [0.25, 0.3) is 0 Å². The lowest BCUT2D eigenvalue weighted by atomic mass is 9.72. The highest BCUT2D eigenvalue weighted by Crippen LogP contribution is 2.40. The molecular weight excluding hydrogens is 368 g/mol. The predicted molar refractivity (Wildman–Crippen MR) is 108 cm³/mol. The van der Waals surface area contributed by atoms with Gasteiger partial charge in [0.2, 0.25) is 11.8 Å². The number of carbonyl (C=O) groups excluding carboxylic acids is 1. The fraction of sp³-hybridized carbons (Fsp3) is 0.591. The maximum atomic E-state index is 12.5. The van der Waals surface area contributed by atoms with Gasteiger partial charge in [-0.2, -0.15) is 4.98 Å². The van der Waals surface area contributed by atoms with Gasteiger partial charge in [-0.05, 0) is 49.8 Å². The zero-order valence-corrected chi connectivity index (χ0v) is 17.2. The second-order valence-electron chi connectivity index (χ2n) is 8.36. The molecule has 1 spiro atoms. The number of ether oxygens (including phenoxy) is 1. The van der Waals surface area contributed by atoms with Gasteiger partial charge in [0.25, 0.3) is 0 Å². The van der Waals surface area contributed by atoms with E-state index in [0.717, 1.165) is 51.9 Å². The molecule has 7 heteroatoms. The van der Waals surface area contributed by atoms with Gasteiger partial charge in [0.15, 0.2) is 5.82 Å². The molecule has 0 bridgehead atoms. The van der Waals surface area contributed by atoms with Crippen molar-refractivity contribution in [3.05, 3.63) is 47.6 Å². The number of methoxy groups -OCH3 is 1. The summed E-state index contributed by atoms with van der Waals surface area (Å²) in [6.45, 7) is 4.78. The fourth-order valence-corrected chi connectivity index (χ4v) is 4.54. The van der Waals surface area contributed by atoms with E-state index in [0.29, 0.717) is 37.2 Å². The summed E-state index contributed by atoms with van der Waals surface area (Å²) in [5.41, 5.74) is 1.55. The zero-order valence-electron chi connectivity index (χ0n) is 17.2. The number of amides is 1. The topological polar surface area (TPSA) is 71.7 Å². The number of likely N-dealkylation sites (tertiary alicyclic amines) is 2.